The summed E-state index contributed by atoms with van der Waals surface area (Å²) in [5.74, 6) is -0.317. The molecular weight excluding hydrogens is 184 g/mol. The lowest BCUT2D eigenvalue weighted by atomic mass is 10.1. The van der Waals surface area contributed by atoms with Crippen molar-refractivity contribution in [2.75, 3.05) is 7.11 Å². The van der Waals surface area contributed by atoms with Crippen LogP contribution in [-0.2, 0) is 0 Å². The van der Waals surface area contributed by atoms with Crippen LogP contribution in [0.3, 0.4) is 0 Å². The summed E-state index contributed by atoms with van der Waals surface area (Å²) in [6.07, 6.45) is 2.12. The number of ketones is 1. The first-order chi connectivity index (χ1) is 6.70. The Labute approximate surface area is 81.8 Å². The number of rotatable bonds is 4. The van der Waals surface area contributed by atoms with E-state index in [1.54, 1.807) is 6.92 Å². The van der Waals surface area contributed by atoms with Gasteiger partial charge in [-0.25, -0.2) is 9.97 Å². The molecule has 0 aromatic carbocycles. The van der Waals surface area contributed by atoms with Crippen molar-refractivity contribution < 1.29 is 14.6 Å². The predicted molar refractivity (Wildman–Crippen MR) is 49.2 cm³/mol. The zero-order chi connectivity index (χ0) is 10.6. The van der Waals surface area contributed by atoms with E-state index in [9.17, 15) is 9.90 Å². The molecule has 0 saturated heterocycles. The molecule has 0 aliphatic heterocycles. The lowest BCUT2D eigenvalue weighted by Crippen LogP contribution is -2.21. The molecule has 1 rings (SSSR count). The molecule has 0 radical (unpaired) electrons. The van der Waals surface area contributed by atoms with Crippen molar-refractivity contribution in [3.8, 4) is 5.88 Å². The SMILES string of the molecule is CCC(O)C(=O)c1nccnc1OC. The van der Waals surface area contributed by atoms with E-state index in [2.05, 4.69) is 9.97 Å². The highest BCUT2D eigenvalue weighted by Gasteiger charge is 2.21. The highest BCUT2D eigenvalue weighted by atomic mass is 16.5. The number of nitrogens with zero attached hydrogens (tertiary/aromatic N) is 2. The number of carbonyl (C=O) groups is 1. The van der Waals surface area contributed by atoms with Crippen LogP contribution in [0.4, 0.5) is 0 Å². The smallest absolute Gasteiger partial charge is 0.243 e. The molecule has 0 amide bonds. The summed E-state index contributed by atoms with van der Waals surface area (Å²) in [5, 5.41) is 9.33. The number of aromatic nitrogens is 2. The fourth-order valence-electron chi connectivity index (χ4n) is 0.987. The number of hydrogen-bond acceptors (Lipinski definition) is 5. The standard InChI is InChI=1S/C9H12N2O3/c1-3-6(12)8(13)7-9(14-2)11-5-4-10-7/h4-6,12H,3H2,1-2H3. The number of Topliss-reactive ketones (excluding diaryl/α,β-unsaturated/α-hetero) is 1. The van der Waals surface area contributed by atoms with Crippen LogP contribution in [0.1, 0.15) is 23.8 Å². The Balaban J connectivity index is 3.00. The van der Waals surface area contributed by atoms with Crippen LogP contribution in [0.25, 0.3) is 0 Å². The van der Waals surface area contributed by atoms with Crippen LogP contribution < -0.4 is 4.74 Å². The molecule has 0 saturated carbocycles. The third-order valence-electron chi connectivity index (χ3n) is 1.78. The highest BCUT2D eigenvalue weighted by molar-refractivity contribution is 5.99. The molecule has 0 spiro atoms. The first-order valence-corrected chi connectivity index (χ1v) is 4.28. The summed E-state index contributed by atoms with van der Waals surface area (Å²) in [4.78, 5) is 19.2. The molecule has 1 unspecified atom stereocenters. The highest BCUT2D eigenvalue weighted by Crippen LogP contribution is 2.13. The van der Waals surface area contributed by atoms with Crippen molar-refractivity contribution in [3.63, 3.8) is 0 Å². The van der Waals surface area contributed by atoms with E-state index >= 15 is 0 Å². The Bertz CT molecular complexity index is 328. The van der Waals surface area contributed by atoms with Crippen LogP contribution in [0.15, 0.2) is 12.4 Å². The molecule has 5 heteroatoms. The quantitative estimate of drug-likeness (QED) is 0.707. The molecular formula is C9H12N2O3. The first kappa shape index (κ1) is 10.6. The largest absolute Gasteiger partial charge is 0.479 e. The summed E-state index contributed by atoms with van der Waals surface area (Å²) in [7, 11) is 1.40. The van der Waals surface area contributed by atoms with E-state index in [0.29, 0.717) is 6.42 Å². The molecule has 1 atom stereocenters. The van der Waals surface area contributed by atoms with E-state index < -0.39 is 11.9 Å². The van der Waals surface area contributed by atoms with Crippen molar-refractivity contribution >= 4 is 5.78 Å². The van der Waals surface area contributed by atoms with Crippen LogP contribution in [0, 0.1) is 0 Å². The number of methoxy groups -OCH3 is 1. The summed E-state index contributed by atoms with van der Waals surface area (Å²) in [6.45, 7) is 1.71. The summed E-state index contributed by atoms with van der Waals surface area (Å²) in [6, 6.07) is 0. The number of ether oxygens (including phenoxy) is 1. The molecule has 0 aliphatic rings. The van der Waals surface area contributed by atoms with Gasteiger partial charge in [0.15, 0.2) is 5.69 Å². The fraction of sp³-hybridized carbons (Fsp3) is 0.444. The fourth-order valence-corrected chi connectivity index (χ4v) is 0.987. The lowest BCUT2D eigenvalue weighted by Gasteiger charge is -2.07. The molecule has 1 heterocycles. The average molecular weight is 196 g/mol. The number of aliphatic hydroxyl groups excluding tert-OH is 1. The molecule has 0 aliphatic carbocycles. The zero-order valence-corrected chi connectivity index (χ0v) is 8.10. The molecule has 14 heavy (non-hydrogen) atoms. The van der Waals surface area contributed by atoms with E-state index in [-0.39, 0.29) is 11.6 Å². The minimum Gasteiger partial charge on any atom is -0.479 e. The maximum absolute atomic E-state index is 11.5. The lowest BCUT2D eigenvalue weighted by molar-refractivity contribution is 0.0731. The molecule has 76 valence electrons. The van der Waals surface area contributed by atoms with E-state index in [0.717, 1.165) is 0 Å². The van der Waals surface area contributed by atoms with Gasteiger partial charge in [-0.05, 0) is 6.42 Å². The maximum Gasteiger partial charge on any atom is 0.243 e. The van der Waals surface area contributed by atoms with Gasteiger partial charge < -0.3 is 9.84 Å². The van der Waals surface area contributed by atoms with Gasteiger partial charge in [-0.3, -0.25) is 4.79 Å². The van der Waals surface area contributed by atoms with Gasteiger partial charge >= 0.3 is 0 Å². The summed E-state index contributed by atoms with van der Waals surface area (Å²) < 4.78 is 4.86. The third kappa shape index (κ3) is 2.05. The van der Waals surface area contributed by atoms with Crippen molar-refractivity contribution in [1.29, 1.82) is 0 Å². The van der Waals surface area contributed by atoms with Crippen LogP contribution in [0.2, 0.25) is 0 Å². The molecule has 1 N–H and O–H groups in total. The van der Waals surface area contributed by atoms with Crippen LogP contribution in [0.5, 0.6) is 5.88 Å². The Kier molecular flexibility index (Phi) is 3.53. The molecule has 0 bridgehead atoms. The second-order valence-electron chi connectivity index (χ2n) is 2.70. The third-order valence-corrected chi connectivity index (χ3v) is 1.78. The minimum atomic E-state index is -1.04. The van der Waals surface area contributed by atoms with Crippen molar-refractivity contribution in [2.45, 2.75) is 19.4 Å². The summed E-state index contributed by atoms with van der Waals surface area (Å²) >= 11 is 0. The Morgan fingerprint density at radius 3 is 2.79 bits per heavy atom. The number of hydrogen-bond donors (Lipinski definition) is 1. The Hall–Kier alpha value is -1.49. The predicted octanol–water partition coefficient (Wildman–Crippen LogP) is 0.439. The normalized spacial score (nSPS) is 12.2. The van der Waals surface area contributed by atoms with Crippen molar-refractivity contribution in [3.05, 3.63) is 18.1 Å². The summed E-state index contributed by atoms with van der Waals surface area (Å²) in [5.41, 5.74) is 0.0735. The van der Waals surface area contributed by atoms with E-state index in [4.69, 9.17) is 4.74 Å². The molecule has 0 fully saturated rings. The van der Waals surface area contributed by atoms with Gasteiger partial charge in [0, 0.05) is 12.4 Å². The zero-order valence-electron chi connectivity index (χ0n) is 8.10. The van der Waals surface area contributed by atoms with Gasteiger partial charge in [0.25, 0.3) is 0 Å². The molecule has 5 nitrogen and oxygen atoms in total. The average Bonchev–Trinajstić information content (AvgIpc) is 2.26. The van der Waals surface area contributed by atoms with Gasteiger partial charge in [-0.15, -0.1) is 0 Å². The van der Waals surface area contributed by atoms with Gasteiger partial charge in [0.2, 0.25) is 11.7 Å². The van der Waals surface area contributed by atoms with Crippen LogP contribution in [-0.4, -0.2) is 34.1 Å². The topological polar surface area (TPSA) is 72.3 Å². The number of carbonyl (C=O) groups excluding carboxylic acids is 1. The van der Waals surface area contributed by atoms with Gasteiger partial charge in [0.05, 0.1) is 7.11 Å². The van der Waals surface area contributed by atoms with Gasteiger partial charge in [-0.2, -0.15) is 0 Å². The molecule has 1 aromatic heterocycles. The maximum atomic E-state index is 11.5. The number of aliphatic hydroxyl groups is 1. The van der Waals surface area contributed by atoms with Crippen molar-refractivity contribution in [1.82, 2.24) is 9.97 Å². The minimum absolute atomic E-state index is 0.0735. The Morgan fingerprint density at radius 1 is 1.57 bits per heavy atom. The van der Waals surface area contributed by atoms with Gasteiger partial charge in [-0.1, -0.05) is 6.92 Å². The first-order valence-electron chi connectivity index (χ1n) is 4.28. The molecule has 1 aromatic rings. The second-order valence-corrected chi connectivity index (χ2v) is 2.70. The monoisotopic (exact) mass is 196 g/mol. The van der Waals surface area contributed by atoms with Crippen molar-refractivity contribution in [2.24, 2.45) is 0 Å². The van der Waals surface area contributed by atoms with Gasteiger partial charge in [0.1, 0.15) is 6.10 Å². The second kappa shape index (κ2) is 4.66. The van der Waals surface area contributed by atoms with Crippen LogP contribution >= 0.6 is 0 Å². The Morgan fingerprint density at radius 2 is 2.21 bits per heavy atom. The van der Waals surface area contributed by atoms with E-state index in [1.807, 2.05) is 0 Å². The van der Waals surface area contributed by atoms with E-state index in [1.165, 1.54) is 19.5 Å².